The fourth-order valence-electron chi connectivity index (χ4n) is 1.80. The van der Waals surface area contributed by atoms with Crippen LogP contribution in [0.1, 0.15) is 13.8 Å². The molecule has 2 aliphatic rings. The summed E-state index contributed by atoms with van der Waals surface area (Å²) in [5.41, 5.74) is 5.65. The van der Waals surface area contributed by atoms with E-state index in [2.05, 4.69) is 0 Å². The topological polar surface area (TPSA) is 64.7 Å². The number of nitrogens with two attached hydrogens (primary N) is 1. The van der Waals surface area contributed by atoms with E-state index < -0.39 is 11.9 Å². The summed E-state index contributed by atoms with van der Waals surface area (Å²) in [5, 5.41) is 9.70. The summed E-state index contributed by atoms with van der Waals surface area (Å²) in [4.78, 5) is 0. The highest BCUT2D eigenvalue weighted by atomic mass is 16.8. The van der Waals surface area contributed by atoms with Crippen LogP contribution in [-0.4, -0.2) is 35.2 Å². The molecule has 13 heavy (non-hydrogen) atoms. The van der Waals surface area contributed by atoms with Crippen LogP contribution < -0.4 is 5.73 Å². The maximum atomic E-state index is 9.70. The van der Waals surface area contributed by atoms with Crippen molar-refractivity contribution in [3.63, 3.8) is 0 Å². The lowest BCUT2D eigenvalue weighted by Crippen LogP contribution is -2.48. The molecule has 0 unspecified atom stereocenters. The number of fused-ring (bicyclic) bond motifs is 1. The van der Waals surface area contributed by atoms with Crippen molar-refractivity contribution >= 4 is 0 Å². The molecule has 1 saturated heterocycles. The summed E-state index contributed by atoms with van der Waals surface area (Å²) in [5.74, 6) is -0.620. The molecule has 1 aliphatic carbocycles. The second-order valence-electron chi connectivity index (χ2n) is 4.02. The highest BCUT2D eigenvalue weighted by Gasteiger charge is 2.46. The van der Waals surface area contributed by atoms with Crippen molar-refractivity contribution in [2.45, 2.75) is 44.0 Å². The van der Waals surface area contributed by atoms with E-state index in [0.29, 0.717) is 0 Å². The zero-order valence-corrected chi connectivity index (χ0v) is 7.81. The van der Waals surface area contributed by atoms with Gasteiger partial charge in [-0.25, -0.2) is 0 Å². The Balaban J connectivity index is 2.19. The molecule has 3 N–H and O–H groups in total. The first-order chi connectivity index (χ1) is 5.99. The molecule has 4 atom stereocenters. The lowest BCUT2D eigenvalue weighted by molar-refractivity contribution is -0.153. The van der Waals surface area contributed by atoms with Gasteiger partial charge in [0.05, 0.1) is 6.04 Å². The SMILES string of the molecule is CC1(C)O[C@H]2[C@@H](O)[C@H](N)C=C[C@H]2O1. The summed E-state index contributed by atoms with van der Waals surface area (Å²) >= 11 is 0. The molecule has 0 saturated carbocycles. The fraction of sp³-hybridized carbons (Fsp3) is 0.778. The molecule has 4 heteroatoms. The molecule has 0 radical (unpaired) electrons. The third-order valence-corrected chi connectivity index (χ3v) is 2.42. The second-order valence-corrected chi connectivity index (χ2v) is 4.02. The lowest BCUT2D eigenvalue weighted by atomic mass is 9.95. The minimum atomic E-state index is -0.670. The van der Waals surface area contributed by atoms with E-state index in [1.165, 1.54) is 0 Å². The normalized spacial score (nSPS) is 47.7. The van der Waals surface area contributed by atoms with Crippen molar-refractivity contribution < 1.29 is 14.6 Å². The van der Waals surface area contributed by atoms with E-state index in [1.807, 2.05) is 19.9 Å². The Labute approximate surface area is 77.3 Å². The van der Waals surface area contributed by atoms with Crippen molar-refractivity contribution in [1.82, 2.24) is 0 Å². The summed E-state index contributed by atoms with van der Waals surface area (Å²) in [6, 6.07) is -0.348. The first-order valence-corrected chi connectivity index (χ1v) is 4.47. The Bertz CT molecular complexity index is 239. The second kappa shape index (κ2) is 2.78. The smallest absolute Gasteiger partial charge is 0.164 e. The van der Waals surface area contributed by atoms with Gasteiger partial charge >= 0.3 is 0 Å². The van der Waals surface area contributed by atoms with Gasteiger partial charge in [-0.15, -0.1) is 0 Å². The molecule has 0 bridgehead atoms. The number of rotatable bonds is 0. The Morgan fingerprint density at radius 2 is 2.00 bits per heavy atom. The highest BCUT2D eigenvalue weighted by molar-refractivity contribution is 5.12. The Kier molecular flexibility index (Phi) is 1.96. The molecule has 0 amide bonds. The minimum Gasteiger partial charge on any atom is -0.388 e. The predicted octanol–water partition coefficient (Wildman–Crippen LogP) is -0.236. The Hall–Kier alpha value is -0.420. The first-order valence-electron chi connectivity index (χ1n) is 4.47. The van der Waals surface area contributed by atoms with E-state index in [1.54, 1.807) is 6.08 Å². The zero-order chi connectivity index (χ0) is 9.64. The van der Waals surface area contributed by atoms with Gasteiger partial charge in [-0.1, -0.05) is 12.2 Å². The number of hydrogen-bond acceptors (Lipinski definition) is 4. The van der Waals surface area contributed by atoms with Crippen LogP contribution in [0.2, 0.25) is 0 Å². The molecule has 1 aliphatic heterocycles. The van der Waals surface area contributed by atoms with Gasteiger partial charge in [0.25, 0.3) is 0 Å². The predicted molar refractivity (Wildman–Crippen MR) is 46.9 cm³/mol. The molecule has 0 aromatic carbocycles. The van der Waals surface area contributed by atoms with E-state index in [0.717, 1.165) is 0 Å². The molecule has 0 aromatic heterocycles. The summed E-state index contributed by atoms with van der Waals surface area (Å²) in [6.07, 6.45) is 2.46. The lowest BCUT2D eigenvalue weighted by Gasteiger charge is -2.27. The van der Waals surface area contributed by atoms with E-state index >= 15 is 0 Å². The summed E-state index contributed by atoms with van der Waals surface area (Å²) in [6.45, 7) is 3.66. The van der Waals surface area contributed by atoms with Crippen LogP contribution >= 0.6 is 0 Å². The summed E-state index contributed by atoms with van der Waals surface area (Å²) in [7, 11) is 0. The van der Waals surface area contributed by atoms with Crippen LogP contribution in [0, 0.1) is 0 Å². The van der Waals surface area contributed by atoms with Crippen LogP contribution in [-0.2, 0) is 9.47 Å². The van der Waals surface area contributed by atoms with Crippen molar-refractivity contribution in [2.24, 2.45) is 5.73 Å². The van der Waals surface area contributed by atoms with Crippen LogP contribution in [0.3, 0.4) is 0 Å². The quantitative estimate of drug-likeness (QED) is 0.511. The van der Waals surface area contributed by atoms with Gasteiger partial charge in [0, 0.05) is 0 Å². The molecular formula is C9H15NO3. The molecular weight excluding hydrogens is 170 g/mol. The van der Waals surface area contributed by atoms with Gasteiger partial charge in [0.15, 0.2) is 5.79 Å². The Morgan fingerprint density at radius 3 is 2.69 bits per heavy atom. The van der Waals surface area contributed by atoms with Crippen LogP contribution in [0.25, 0.3) is 0 Å². The van der Waals surface area contributed by atoms with Crippen molar-refractivity contribution in [3.8, 4) is 0 Å². The standard InChI is InChI=1S/C9H15NO3/c1-9(2)12-6-4-3-5(10)7(11)8(6)13-9/h3-8,11H,10H2,1-2H3/t5-,6-,7+,8-/m1/s1. The van der Waals surface area contributed by atoms with E-state index in [-0.39, 0.29) is 18.2 Å². The zero-order valence-electron chi connectivity index (χ0n) is 7.81. The third kappa shape index (κ3) is 1.50. The highest BCUT2D eigenvalue weighted by Crippen LogP contribution is 2.33. The van der Waals surface area contributed by atoms with Crippen molar-refractivity contribution in [2.75, 3.05) is 0 Å². The van der Waals surface area contributed by atoms with Gasteiger partial charge in [-0.2, -0.15) is 0 Å². The molecule has 74 valence electrons. The number of aliphatic hydroxyl groups is 1. The molecule has 1 fully saturated rings. The molecule has 4 nitrogen and oxygen atoms in total. The number of hydrogen-bond donors (Lipinski definition) is 2. The molecule has 2 rings (SSSR count). The largest absolute Gasteiger partial charge is 0.388 e. The van der Waals surface area contributed by atoms with Gasteiger partial charge in [0.1, 0.15) is 18.3 Å². The fourth-order valence-corrected chi connectivity index (χ4v) is 1.80. The van der Waals surface area contributed by atoms with Gasteiger partial charge in [0.2, 0.25) is 0 Å². The van der Waals surface area contributed by atoms with Gasteiger partial charge in [-0.05, 0) is 13.8 Å². The van der Waals surface area contributed by atoms with Crippen LogP contribution in [0.15, 0.2) is 12.2 Å². The summed E-state index contributed by atoms with van der Waals surface area (Å²) < 4.78 is 11.1. The monoisotopic (exact) mass is 185 g/mol. The number of ether oxygens (including phenoxy) is 2. The molecule has 1 heterocycles. The van der Waals surface area contributed by atoms with Crippen LogP contribution in [0.5, 0.6) is 0 Å². The Morgan fingerprint density at radius 1 is 1.31 bits per heavy atom. The van der Waals surface area contributed by atoms with Gasteiger partial charge < -0.3 is 20.3 Å². The van der Waals surface area contributed by atoms with Gasteiger partial charge in [-0.3, -0.25) is 0 Å². The first kappa shape index (κ1) is 9.15. The minimum absolute atomic E-state index is 0.162. The maximum Gasteiger partial charge on any atom is 0.164 e. The molecule has 0 spiro atoms. The van der Waals surface area contributed by atoms with E-state index in [9.17, 15) is 5.11 Å². The van der Waals surface area contributed by atoms with Crippen LogP contribution in [0.4, 0.5) is 0 Å². The third-order valence-electron chi connectivity index (χ3n) is 2.42. The van der Waals surface area contributed by atoms with Crippen molar-refractivity contribution in [3.05, 3.63) is 12.2 Å². The molecule has 0 aromatic rings. The average molecular weight is 185 g/mol. The average Bonchev–Trinajstić information content (AvgIpc) is 2.34. The maximum absolute atomic E-state index is 9.70. The number of aliphatic hydroxyl groups excluding tert-OH is 1. The van der Waals surface area contributed by atoms with Crippen molar-refractivity contribution in [1.29, 1.82) is 0 Å². The van der Waals surface area contributed by atoms with E-state index in [4.69, 9.17) is 15.2 Å².